The average Bonchev–Trinajstić information content (AvgIpc) is 3.26. The minimum Gasteiger partial charge on any atom is -0.394 e. The molecule has 1 unspecified atom stereocenters. The molecule has 0 saturated carbocycles. The van der Waals surface area contributed by atoms with Crippen molar-refractivity contribution in [2.24, 2.45) is 0 Å². The number of hydrogen-bond donors (Lipinski definition) is 2. The van der Waals surface area contributed by atoms with Crippen LogP contribution in [0, 0.1) is 0 Å². The van der Waals surface area contributed by atoms with Crippen molar-refractivity contribution in [3.8, 4) is 0 Å². The van der Waals surface area contributed by atoms with Crippen LogP contribution in [0.1, 0.15) is 39.4 Å². The number of nitrogens with zero attached hydrogens (tertiary/aromatic N) is 3. The number of anilines is 1. The molecule has 0 radical (unpaired) electrons. The number of rotatable bonds is 18. The van der Waals surface area contributed by atoms with E-state index in [0.29, 0.717) is 44.3 Å². The minimum absolute atomic E-state index is 0.120. The fraction of sp³-hybridized carbons (Fsp3) is 0.600. The first kappa shape index (κ1) is 28.7. The second-order valence-electron chi connectivity index (χ2n) is 8.14. The highest BCUT2D eigenvalue weighted by atomic mass is 31.2. The number of imidazole rings is 1. The molecule has 1 aromatic carbocycles. The number of fused-ring (bicyclic) bond motifs is 3. The van der Waals surface area contributed by atoms with E-state index in [-0.39, 0.29) is 25.9 Å². The minimum atomic E-state index is -1.68. The van der Waals surface area contributed by atoms with E-state index >= 15 is 0 Å². The molecule has 2 aromatic heterocycles. The largest absolute Gasteiger partial charge is 0.394 e. The standard InChI is InChI=1S/C25H39N4O6P/c1-4-7-12-22-28-23-24(20-10-8-9-11-21(20)27-25(23)26)29(22)13-15-33-36(34-16-14-30)35-18-19(32-6-3)17-31-5-2/h8-11,19,30H,4-7,12-18H2,1-3H3,(H2,26,27)/t19-,36?/m1/s1. The number of benzene rings is 1. The average molecular weight is 523 g/mol. The van der Waals surface area contributed by atoms with Crippen molar-refractivity contribution in [3.63, 3.8) is 0 Å². The zero-order chi connectivity index (χ0) is 25.8. The molecule has 200 valence electrons. The third-order valence-corrected chi connectivity index (χ3v) is 6.67. The molecule has 3 rings (SSSR count). The Morgan fingerprint density at radius 2 is 1.83 bits per heavy atom. The number of aryl methyl sites for hydroxylation is 1. The van der Waals surface area contributed by atoms with Crippen molar-refractivity contribution in [2.75, 3.05) is 52.0 Å². The number of aliphatic hydroxyl groups is 1. The van der Waals surface area contributed by atoms with Crippen LogP contribution in [0.15, 0.2) is 24.3 Å². The number of ether oxygens (including phenoxy) is 2. The summed E-state index contributed by atoms with van der Waals surface area (Å²) >= 11 is 0. The van der Waals surface area contributed by atoms with E-state index in [1.807, 2.05) is 38.1 Å². The van der Waals surface area contributed by atoms with E-state index in [9.17, 15) is 5.11 Å². The first-order valence-corrected chi connectivity index (χ1v) is 13.7. The molecule has 0 fully saturated rings. The number of hydrogen-bond acceptors (Lipinski definition) is 9. The Kier molecular flexibility index (Phi) is 12.2. The lowest BCUT2D eigenvalue weighted by molar-refractivity contribution is -0.0345. The maximum Gasteiger partial charge on any atom is 0.332 e. The van der Waals surface area contributed by atoms with Gasteiger partial charge in [-0.25, -0.2) is 9.97 Å². The molecule has 2 atom stereocenters. The Labute approximate surface area is 214 Å². The number of aliphatic hydroxyl groups excluding tert-OH is 1. The summed E-state index contributed by atoms with van der Waals surface area (Å²) in [6.45, 7) is 8.76. The van der Waals surface area contributed by atoms with E-state index in [1.54, 1.807) is 0 Å². The monoisotopic (exact) mass is 522 g/mol. The SMILES string of the molecule is CCCCc1nc2c(N)nc3ccccc3c2n1CCOP(OCCO)OC[C@@H](COCC)OCC. The summed E-state index contributed by atoms with van der Waals surface area (Å²) in [5, 5.41) is 10.2. The van der Waals surface area contributed by atoms with Gasteiger partial charge in [-0.15, -0.1) is 0 Å². The van der Waals surface area contributed by atoms with Crippen LogP contribution in [0.25, 0.3) is 21.9 Å². The first-order chi connectivity index (χ1) is 17.6. The van der Waals surface area contributed by atoms with Gasteiger partial charge in [0.05, 0.1) is 44.1 Å². The molecule has 0 saturated heterocycles. The predicted molar refractivity (Wildman–Crippen MR) is 142 cm³/mol. The summed E-state index contributed by atoms with van der Waals surface area (Å²) in [5.74, 6) is 1.38. The summed E-state index contributed by atoms with van der Waals surface area (Å²) in [6.07, 6.45) is 2.69. The number of aromatic nitrogens is 3. The summed E-state index contributed by atoms with van der Waals surface area (Å²) in [6, 6.07) is 7.94. The lowest BCUT2D eigenvalue weighted by Gasteiger charge is -2.21. The number of nitrogens with two attached hydrogens (primary N) is 1. The smallest absolute Gasteiger partial charge is 0.332 e. The van der Waals surface area contributed by atoms with Crippen LogP contribution >= 0.6 is 8.60 Å². The van der Waals surface area contributed by atoms with Crippen LogP contribution in [-0.2, 0) is 36.0 Å². The topological polar surface area (TPSA) is 123 Å². The summed E-state index contributed by atoms with van der Waals surface area (Å²) in [5.41, 5.74) is 8.80. The van der Waals surface area contributed by atoms with Gasteiger partial charge >= 0.3 is 8.60 Å². The Morgan fingerprint density at radius 3 is 2.58 bits per heavy atom. The van der Waals surface area contributed by atoms with Gasteiger partial charge in [-0.1, -0.05) is 31.5 Å². The van der Waals surface area contributed by atoms with Crippen molar-refractivity contribution in [1.82, 2.24) is 14.5 Å². The molecular weight excluding hydrogens is 483 g/mol. The predicted octanol–water partition coefficient (Wildman–Crippen LogP) is 4.22. The Balaban J connectivity index is 1.76. The maximum atomic E-state index is 9.23. The van der Waals surface area contributed by atoms with Crippen LogP contribution < -0.4 is 5.73 Å². The second kappa shape index (κ2) is 15.4. The van der Waals surface area contributed by atoms with Crippen LogP contribution in [0.5, 0.6) is 0 Å². The van der Waals surface area contributed by atoms with Gasteiger partial charge in [-0.05, 0) is 26.3 Å². The molecule has 3 aromatic rings. The third-order valence-electron chi connectivity index (χ3n) is 5.52. The molecule has 0 aliphatic heterocycles. The molecule has 0 spiro atoms. The van der Waals surface area contributed by atoms with Crippen molar-refractivity contribution in [1.29, 1.82) is 0 Å². The van der Waals surface area contributed by atoms with Gasteiger partial charge in [0.15, 0.2) is 5.82 Å². The van der Waals surface area contributed by atoms with E-state index < -0.39 is 8.60 Å². The first-order valence-electron chi connectivity index (χ1n) is 12.6. The molecule has 2 heterocycles. The van der Waals surface area contributed by atoms with Crippen molar-refractivity contribution >= 4 is 36.4 Å². The maximum absolute atomic E-state index is 9.23. The molecule has 0 bridgehead atoms. The molecule has 3 N–H and O–H groups in total. The number of nitrogen functional groups attached to an aromatic ring is 1. The lowest BCUT2D eigenvalue weighted by Crippen LogP contribution is -2.25. The Morgan fingerprint density at radius 1 is 1.03 bits per heavy atom. The van der Waals surface area contributed by atoms with Gasteiger partial charge in [0, 0.05) is 31.6 Å². The normalized spacial score (nSPS) is 13.6. The highest BCUT2D eigenvalue weighted by Crippen LogP contribution is 2.40. The van der Waals surface area contributed by atoms with Gasteiger partial charge in [-0.2, -0.15) is 0 Å². The van der Waals surface area contributed by atoms with Gasteiger partial charge in [0.2, 0.25) is 0 Å². The highest BCUT2D eigenvalue weighted by Gasteiger charge is 2.20. The molecule has 0 aliphatic carbocycles. The summed E-state index contributed by atoms with van der Waals surface area (Å²) < 4.78 is 30.9. The fourth-order valence-electron chi connectivity index (χ4n) is 3.88. The second-order valence-corrected chi connectivity index (χ2v) is 9.36. The Hall–Kier alpha value is -1.91. The van der Waals surface area contributed by atoms with Crippen molar-refractivity contribution in [3.05, 3.63) is 30.1 Å². The van der Waals surface area contributed by atoms with Crippen LogP contribution in [0.2, 0.25) is 0 Å². The zero-order valence-corrected chi connectivity index (χ0v) is 22.4. The molecule has 36 heavy (non-hydrogen) atoms. The van der Waals surface area contributed by atoms with Crippen molar-refractivity contribution in [2.45, 2.75) is 52.7 Å². The molecule has 10 nitrogen and oxygen atoms in total. The number of unbranched alkanes of at least 4 members (excludes halogenated alkanes) is 1. The van der Waals surface area contributed by atoms with E-state index in [4.69, 9.17) is 33.8 Å². The van der Waals surface area contributed by atoms with E-state index in [2.05, 4.69) is 16.5 Å². The lowest BCUT2D eigenvalue weighted by atomic mass is 10.2. The van der Waals surface area contributed by atoms with Gasteiger partial charge in [-0.3, -0.25) is 0 Å². The summed E-state index contributed by atoms with van der Waals surface area (Å²) in [4.78, 5) is 9.40. The number of para-hydroxylation sites is 1. The fourth-order valence-corrected chi connectivity index (χ4v) is 4.85. The van der Waals surface area contributed by atoms with E-state index in [0.717, 1.165) is 41.5 Å². The molecular formula is C25H39N4O6P. The summed E-state index contributed by atoms with van der Waals surface area (Å²) in [7, 11) is -1.68. The number of pyridine rings is 1. The molecule has 0 amide bonds. The quantitative estimate of drug-likeness (QED) is 0.236. The van der Waals surface area contributed by atoms with Gasteiger partial charge < -0.3 is 38.5 Å². The van der Waals surface area contributed by atoms with Crippen LogP contribution in [0.4, 0.5) is 5.82 Å². The highest BCUT2D eigenvalue weighted by molar-refractivity contribution is 7.41. The van der Waals surface area contributed by atoms with Crippen LogP contribution in [0.3, 0.4) is 0 Å². The van der Waals surface area contributed by atoms with Crippen LogP contribution in [-0.4, -0.2) is 72.0 Å². The van der Waals surface area contributed by atoms with Gasteiger partial charge in [0.25, 0.3) is 0 Å². The molecule has 11 heteroatoms. The molecule has 0 aliphatic rings. The van der Waals surface area contributed by atoms with Gasteiger partial charge in [0.1, 0.15) is 17.4 Å². The van der Waals surface area contributed by atoms with Crippen molar-refractivity contribution < 1.29 is 28.2 Å². The zero-order valence-electron chi connectivity index (χ0n) is 21.5. The van der Waals surface area contributed by atoms with E-state index in [1.165, 1.54) is 0 Å². The third kappa shape index (κ3) is 7.79. The Bertz CT molecular complexity index is 1070.